The molecule has 0 aliphatic rings. The van der Waals surface area contributed by atoms with E-state index in [2.05, 4.69) is 5.32 Å². The fourth-order valence-corrected chi connectivity index (χ4v) is 1.74. The van der Waals surface area contributed by atoms with Crippen LogP contribution in [0.5, 0.6) is 11.5 Å². The van der Waals surface area contributed by atoms with E-state index in [-0.39, 0.29) is 13.2 Å². The van der Waals surface area contributed by atoms with E-state index in [4.69, 9.17) is 14.2 Å². The maximum atomic E-state index is 11.7. The maximum absolute atomic E-state index is 11.7. The minimum absolute atomic E-state index is 0.227. The molecule has 0 unspecified atom stereocenters. The molecule has 1 aromatic rings. The van der Waals surface area contributed by atoms with Crippen molar-refractivity contribution in [2.24, 2.45) is 0 Å². The van der Waals surface area contributed by atoms with E-state index in [0.717, 1.165) is 5.69 Å². The Morgan fingerprint density at radius 3 is 2.48 bits per heavy atom. The highest BCUT2D eigenvalue weighted by molar-refractivity contribution is 5.72. The standard InChI is InChI=1S/C15H23NO5/c1-15(2,3)21-13(18)9-20-14-10(8-17)6-11(16-4)7-12(14)19-5/h6-7,16-17H,8-9H2,1-5H3. The van der Waals surface area contributed by atoms with Gasteiger partial charge in [-0.05, 0) is 26.8 Å². The van der Waals surface area contributed by atoms with Gasteiger partial charge in [-0.1, -0.05) is 0 Å². The van der Waals surface area contributed by atoms with Crippen molar-refractivity contribution in [3.63, 3.8) is 0 Å². The second-order valence-corrected chi connectivity index (χ2v) is 5.45. The van der Waals surface area contributed by atoms with E-state index in [0.29, 0.717) is 17.1 Å². The SMILES string of the molecule is CNc1cc(CO)c(OCC(=O)OC(C)(C)C)c(OC)c1. The van der Waals surface area contributed by atoms with Gasteiger partial charge in [-0.3, -0.25) is 0 Å². The lowest BCUT2D eigenvalue weighted by atomic mass is 10.1. The molecule has 0 aliphatic carbocycles. The van der Waals surface area contributed by atoms with Crippen LogP contribution in [0, 0.1) is 0 Å². The average molecular weight is 297 g/mol. The normalized spacial score (nSPS) is 11.0. The van der Waals surface area contributed by atoms with Crippen LogP contribution < -0.4 is 14.8 Å². The Labute approximate surface area is 125 Å². The number of rotatable bonds is 6. The van der Waals surface area contributed by atoms with Crippen LogP contribution in [0.2, 0.25) is 0 Å². The van der Waals surface area contributed by atoms with Gasteiger partial charge in [0.05, 0.1) is 13.7 Å². The molecule has 0 radical (unpaired) electrons. The molecule has 6 nitrogen and oxygen atoms in total. The molecule has 0 amide bonds. The molecule has 0 saturated carbocycles. The molecule has 1 aromatic carbocycles. The number of nitrogens with one attached hydrogen (secondary N) is 1. The van der Waals surface area contributed by atoms with Crippen LogP contribution in [-0.4, -0.2) is 37.4 Å². The van der Waals surface area contributed by atoms with Crippen LogP contribution in [0.15, 0.2) is 12.1 Å². The van der Waals surface area contributed by atoms with Gasteiger partial charge in [0, 0.05) is 24.4 Å². The highest BCUT2D eigenvalue weighted by atomic mass is 16.6. The Hall–Kier alpha value is -1.95. The largest absolute Gasteiger partial charge is 0.493 e. The zero-order valence-electron chi connectivity index (χ0n) is 13.1. The summed E-state index contributed by atoms with van der Waals surface area (Å²) in [5.74, 6) is 0.297. The predicted molar refractivity (Wildman–Crippen MR) is 79.8 cm³/mol. The lowest BCUT2D eigenvalue weighted by molar-refractivity contribution is -0.157. The molecule has 0 saturated heterocycles. The van der Waals surface area contributed by atoms with Gasteiger partial charge in [-0.15, -0.1) is 0 Å². The van der Waals surface area contributed by atoms with E-state index in [9.17, 15) is 9.90 Å². The number of carbonyl (C=O) groups is 1. The second kappa shape index (κ2) is 7.17. The third kappa shape index (κ3) is 5.15. The molecule has 0 heterocycles. The summed E-state index contributed by atoms with van der Waals surface area (Å²) in [6.45, 7) is 4.88. The molecule has 0 aliphatic heterocycles. The fraction of sp³-hybridized carbons (Fsp3) is 0.533. The van der Waals surface area contributed by atoms with E-state index < -0.39 is 11.6 Å². The van der Waals surface area contributed by atoms with E-state index in [1.807, 2.05) is 0 Å². The maximum Gasteiger partial charge on any atom is 0.344 e. The molecule has 0 aromatic heterocycles. The zero-order chi connectivity index (χ0) is 16.0. The molecule has 1 rings (SSSR count). The minimum Gasteiger partial charge on any atom is -0.493 e. The number of hydrogen-bond donors (Lipinski definition) is 2. The number of methoxy groups -OCH3 is 1. The van der Waals surface area contributed by atoms with Crippen LogP contribution >= 0.6 is 0 Å². The molecule has 0 fully saturated rings. The summed E-state index contributed by atoms with van der Waals surface area (Å²) in [5, 5.41) is 12.4. The van der Waals surface area contributed by atoms with Gasteiger partial charge in [0.15, 0.2) is 18.1 Å². The number of aliphatic hydroxyl groups excluding tert-OH is 1. The first-order valence-electron chi connectivity index (χ1n) is 6.65. The third-order valence-electron chi connectivity index (χ3n) is 2.57. The lowest BCUT2D eigenvalue weighted by Crippen LogP contribution is -2.27. The summed E-state index contributed by atoms with van der Waals surface area (Å²) in [6.07, 6.45) is 0. The summed E-state index contributed by atoms with van der Waals surface area (Å²) < 4.78 is 15.9. The molecule has 0 spiro atoms. The number of esters is 1. The monoisotopic (exact) mass is 297 g/mol. The molecule has 118 valence electrons. The summed E-state index contributed by atoms with van der Waals surface area (Å²) in [7, 11) is 3.26. The van der Waals surface area contributed by atoms with Crippen LogP contribution in [0.4, 0.5) is 5.69 Å². The summed E-state index contributed by atoms with van der Waals surface area (Å²) in [5.41, 5.74) is 0.739. The van der Waals surface area contributed by atoms with Crippen LogP contribution in [-0.2, 0) is 16.1 Å². The number of anilines is 1. The fourth-order valence-electron chi connectivity index (χ4n) is 1.74. The first kappa shape index (κ1) is 17.1. The van der Waals surface area contributed by atoms with Gasteiger partial charge < -0.3 is 24.6 Å². The topological polar surface area (TPSA) is 77.0 Å². The summed E-state index contributed by atoms with van der Waals surface area (Å²) in [4.78, 5) is 11.7. The van der Waals surface area contributed by atoms with Crippen molar-refractivity contribution in [3.8, 4) is 11.5 Å². The highest BCUT2D eigenvalue weighted by Gasteiger charge is 2.19. The van der Waals surface area contributed by atoms with Gasteiger partial charge in [0.2, 0.25) is 0 Å². The van der Waals surface area contributed by atoms with Crippen LogP contribution in [0.3, 0.4) is 0 Å². The molecular formula is C15H23NO5. The highest BCUT2D eigenvalue weighted by Crippen LogP contribution is 2.34. The molecule has 21 heavy (non-hydrogen) atoms. The van der Waals surface area contributed by atoms with Crippen molar-refractivity contribution in [1.29, 1.82) is 0 Å². The van der Waals surface area contributed by atoms with Crippen molar-refractivity contribution in [3.05, 3.63) is 17.7 Å². The van der Waals surface area contributed by atoms with E-state index in [1.54, 1.807) is 40.0 Å². The average Bonchev–Trinajstić information content (AvgIpc) is 2.42. The molecule has 6 heteroatoms. The van der Waals surface area contributed by atoms with Crippen molar-refractivity contribution < 1.29 is 24.1 Å². The van der Waals surface area contributed by atoms with Crippen molar-refractivity contribution in [2.45, 2.75) is 33.0 Å². The molecule has 0 bridgehead atoms. The van der Waals surface area contributed by atoms with Gasteiger partial charge in [-0.2, -0.15) is 0 Å². The number of benzene rings is 1. The summed E-state index contributed by atoms with van der Waals surface area (Å²) >= 11 is 0. The van der Waals surface area contributed by atoms with Crippen molar-refractivity contribution >= 4 is 11.7 Å². The third-order valence-corrected chi connectivity index (χ3v) is 2.57. The number of carbonyl (C=O) groups excluding carboxylic acids is 1. The van der Waals surface area contributed by atoms with Gasteiger partial charge in [0.25, 0.3) is 0 Å². The minimum atomic E-state index is -0.569. The van der Waals surface area contributed by atoms with Gasteiger partial charge in [0.1, 0.15) is 5.60 Å². The molecule has 0 atom stereocenters. The first-order valence-corrected chi connectivity index (χ1v) is 6.65. The predicted octanol–water partition coefficient (Wildman–Crippen LogP) is 1.95. The van der Waals surface area contributed by atoms with Crippen molar-refractivity contribution in [2.75, 3.05) is 26.1 Å². The smallest absolute Gasteiger partial charge is 0.344 e. The Balaban J connectivity index is 2.89. The Bertz CT molecular complexity index is 468. The van der Waals surface area contributed by atoms with Gasteiger partial charge >= 0.3 is 5.97 Å². The van der Waals surface area contributed by atoms with Crippen LogP contribution in [0.1, 0.15) is 26.3 Å². The zero-order valence-corrected chi connectivity index (χ0v) is 13.1. The number of hydrogen-bond acceptors (Lipinski definition) is 6. The molecular weight excluding hydrogens is 274 g/mol. The second-order valence-electron chi connectivity index (χ2n) is 5.45. The molecule has 2 N–H and O–H groups in total. The van der Waals surface area contributed by atoms with E-state index in [1.165, 1.54) is 7.11 Å². The van der Waals surface area contributed by atoms with E-state index >= 15 is 0 Å². The first-order chi connectivity index (χ1) is 9.80. The lowest BCUT2D eigenvalue weighted by Gasteiger charge is -2.20. The quantitative estimate of drug-likeness (QED) is 0.782. The number of aliphatic hydroxyl groups is 1. The number of ether oxygens (including phenoxy) is 3. The Morgan fingerprint density at radius 1 is 1.33 bits per heavy atom. The van der Waals surface area contributed by atoms with Gasteiger partial charge in [-0.25, -0.2) is 4.79 Å². The van der Waals surface area contributed by atoms with Crippen molar-refractivity contribution in [1.82, 2.24) is 0 Å². The Morgan fingerprint density at radius 2 is 2.00 bits per heavy atom. The summed E-state index contributed by atoms with van der Waals surface area (Å²) in [6, 6.07) is 3.45. The van der Waals surface area contributed by atoms with Crippen LogP contribution in [0.25, 0.3) is 0 Å². The Kier molecular flexibility index (Phi) is 5.84.